The highest BCUT2D eigenvalue weighted by Gasteiger charge is 2.08. The molecule has 0 amide bonds. The molecule has 2 N–H and O–H groups in total. The van der Waals surface area contributed by atoms with Crippen molar-refractivity contribution in [3.8, 4) is 11.5 Å². The van der Waals surface area contributed by atoms with Crippen molar-refractivity contribution in [2.45, 2.75) is 0 Å². The third kappa shape index (κ3) is 2.44. The summed E-state index contributed by atoms with van der Waals surface area (Å²) in [5.74, 6) is 1.26. The summed E-state index contributed by atoms with van der Waals surface area (Å²) in [4.78, 5) is 4.27. The van der Waals surface area contributed by atoms with Crippen molar-refractivity contribution >= 4 is 44.1 Å². The van der Waals surface area contributed by atoms with Crippen LogP contribution in [0.3, 0.4) is 0 Å². The standard InChI is InChI=1S/C15H10BrClN2O/c16-9-4-5-14(11(17)8-9)20-13-6-7-19-15-10(13)2-1-3-12(15)18/h1-8H,18H2. The van der Waals surface area contributed by atoms with Gasteiger partial charge in [0.15, 0.2) is 0 Å². The summed E-state index contributed by atoms with van der Waals surface area (Å²) in [5.41, 5.74) is 7.26. The second kappa shape index (κ2) is 5.31. The largest absolute Gasteiger partial charge is 0.455 e. The summed E-state index contributed by atoms with van der Waals surface area (Å²) in [7, 11) is 0. The molecular weight excluding hydrogens is 340 g/mol. The third-order valence-electron chi connectivity index (χ3n) is 2.88. The number of nitrogens with zero attached hydrogens (tertiary/aromatic N) is 1. The van der Waals surface area contributed by atoms with Crippen molar-refractivity contribution in [2.75, 3.05) is 5.73 Å². The molecule has 1 aromatic heterocycles. The number of halogens is 2. The van der Waals surface area contributed by atoms with Gasteiger partial charge in [0.25, 0.3) is 0 Å². The fourth-order valence-electron chi connectivity index (χ4n) is 1.94. The Hall–Kier alpha value is -1.78. The van der Waals surface area contributed by atoms with Gasteiger partial charge in [0, 0.05) is 16.1 Å². The highest BCUT2D eigenvalue weighted by atomic mass is 79.9. The molecule has 3 rings (SSSR count). The molecule has 3 nitrogen and oxygen atoms in total. The van der Waals surface area contributed by atoms with Crippen LogP contribution in [0, 0.1) is 0 Å². The smallest absolute Gasteiger partial charge is 0.146 e. The van der Waals surface area contributed by atoms with Crippen LogP contribution < -0.4 is 10.5 Å². The Morgan fingerprint density at radius 2 is 1.95 bits per heavy atom. The summed E-state index contributed by atoms with van der Waals surface area (Å²) in [6.45, 7) is 0. The van der Waals surface area contributed by atoms with E-state index in [1.54, 1.807) is 18.3 Å². The van der Waals surface area contributed by atoms with Gasteiger partial charge in [0.05, 0.1) is 16.2 Å². The van der Waals surface area contributed by atoms with E-state index in [1.165, 1.54) is 0 Å². The van der Waals surface area contributed by atoms with Crippen LogP contribution in [0.2, 0.25) is 5.02 Å². The zero-order chi connectivity index (χ0) is 14.1. The van der Waals surface area contributed by atoms with E-state index in [4.69, 9.17) is 22.1 Å². The van der Waals surface area contributed by atoms with Crippen LogP contribution in [-0.2, 0) is 0 Å². The zero-order valence-corrected chi connectivity index (χ0v) is 12.6. The van der Waals surface area contributed by atoms with Gasteiger partial charge in [0.1, 0.15) is 11.5 Å². The monoisotopic (exact) mass is 348 g/mol. The van der Waals surface area contributed by atoms with E-state index in [0.717, 1.165) is 15.4 Å². The summed E-state index contributed by atoms with van der Waals surface area (Å²) < 4.78 is 6.79. The van der Waals surface area contributed by atoms with Gasteiger partial charge < -0.3 is 10.5 Å². The molecule has 0 saturated carbocycles. The van der Waals surface area contributed by atoms with E-state index in [2.05, 4.69) is 20.9 Å². The molecule has 1 heterocycles. The Bertz CT molecular complexity index is 792. The number of fused-ring (bicyclic) bond motifs is 1. The maximum Gasteiger partial charge on any atom is 0.146 e. The van der Waals surface area contributed by atoms with E-state index in [9.17, 15) is 0 Å². The van der Waals surface area contributed by atoms with Crippen molar-refractivity contribution in [1.82, 2.24) is 4.98 Å². The van der Waals surface area contributed by atoms with Crippen molar-refractivity contribution in [3.05, 3.63) is 58.2 Å². The van der Waals surface area contributed by atoms with Gasteiger partial charge in [0.2, 0.25) is 0 Å². The van der Waals surface area contributed by atoms with Crippen LogP contribution in [0.5, 0.6) is 11.5 Å². The number of rotatable bonds is 2. The van der Waals surface area contributed by atoms with E-state index >= 15 is 0 Å². The third-order valence-corrected chi connectivity index (χ3v) is 3.66. The van der Waals surface area contributed by atoms with Crippen LogP contribution >= 0.6 is 27.5 Å². The average molecular weight is 350 g/mol. The van der Waals surface area contributed by atoms with Gasteiger partial charge in [-0.25, -0.2) is 0 Å². The summed E-state index contributed by atoms with van der Waals surface area (Å²) in [5, 5.41) is 1.39. The topological polar surface area (TPSA) is 48.1 Å². The molecule has 0 aliphatic rings. The molecular formula is C15H10BrClN2O. The minimum Gasteiger partial charge on any atom is -0.455 e. The lowest BCUT2D eigenvalue weighted by Gasteiger charge is -2.10. The Labute approximate surface area is 129 Å². The number of benzene rings is 2. The molecule has 0 atom stereocenters. The summed E-state index contributed by atoms with van der Waals surface area (Å²) >= 11 is 9.53. The van der Waals surface area contributed by atoms with E-state index < -0.39 is 0 Å². The summed E-state index contributed by atoms with van der Waals surface area (Å²) in [6, 6.07) is 12.9. The first-order chi connectivity index (χ1) is 9.65. The summed E-state index contributed by atoms with van der Waals surface area (Å²) in [6.07, 6.45) is 1.67. The normalized spacial score (nSPS) is 10.7. The van der Waals surface area contributed by atoms with Crippen molar-refractivity contribution in [2.24, 2.45) is 0 Å². The fourth-order valence-corrected chi connectivity index (χ4v) is 2.65. The number of nitrogens with two attached hydrogens (primary N) is 1. The molecule has 0 unspecified atom stereocenters. The first-order valence-corrected chi connectivity index (χ1v) is 7.08. The Morgan fingerprint density at radius 3 is 2.75 bits per heavy atom. The minimum atomic E-state index is 0.535. The quantitative estimate of drug-likeness (QED) is 0.660. The molecule has 20 heavy (non-hydrogen) atoms. The van der Waals surface area contributed by atoms with Crippen LogP contribution in [0.4, 0.5) is 5.69 Å². The van der Waals surface area contributed by atoms with E-state index in [0.29, 0.717) is 22.2 Å². The fraction of sp³-hybridized carbons (Fsp3) is 0. The molecule has 0 radical (unpaired) electrons. The number of para-hydroxylation sites is 1. The minimum absolute atomic E-state index is 0.535. The molecule has 0 saturated heterocycles. The van der Waals surface area contributed by atoms with Crippen LogP contribution in [0.1, 0.15) is 0 Å². The first kappa shape index (κ1) is 13.2. The maximum atomic E-state index is 6.17. The van der Waals surface area contributed by atoms with Crippen LogP contribution in [0.15, 0.2) is 53.1 Å². The first-order valence-electron chi connectivity index (χ1n) is 5.91. The van der Waals surface area contributed by atoms with Crippen molar-refractivity contribution in [3.63, 3.8) is 0 Å². The molecule has 3 aromatic rings. The molecule has 5 heteroatoms. The predicted molar refractivity (Wildman–Crippen MR) is 85.4 cm³/mol. The highest BCUT2D eigenvalue weighted by molar-refractivity contribution is 9.10. The molecule has 0 bridgehead atoms. The van der Waals surface area contributed by atoms with Gasteiger partial charge in [-0.05, 0) is 36.4 Å². The number of anilines is 1. The van der Waals surface area contributed by atoms with Crippen molar-refractivity contribution < 1.29 is 4.74 Å². The molecule has 0 fully saturated rings. The predicted octanol–water partition coefficient (Wildman–Crippen LogP) is 5.03. The lowest BCUT2D eigenvalue weighted by atomic mass is 10.2. The van der Waals surface area contributed by atoms with E-state index in [-0.39, 0.29) is 0 Å². The molecule has 0 aliphatic heterocycles. The lowest BCUT2D eigenvalue weighted by Crippen LogP contribution is -1.92. The SMILES string of the molecule is Nc1cccc2c(Oc3ccc(Br)cc3Cl)ccnc12. The molecule has 2 aromatic carbocycles. The van der Waals surface area contributed by atoms with Gasteiger partial charge >= 0.3 is 0 Å². The number of aromatic nitrogens is 1. The van der Waals surface area contributed by atoms with Gasteiger partial charge in [-0.15, -0.1) is 0 Å². The molecule has 100 valence electrons. The molecule has 0 aliphatic carbocycles. The van der Waals surface area contributed by atoms with Gasteiger partial charge in [-0.2, -0.15) is 0 Å². The maximum absolute atomic E-state index is 6.17. The van der Waals surface area contributed by atoms with E-state index in [1.807, 2.05) is 30.3 Å². The Kier molecular flexibility index (Phi) is 3.51. The van der Waals surface area contributed by atoms with Crippen LogP contribution in [0.25, 0.3) is 10.9 Å². The Balaban J connectivity index is 2.09. The Morgan fingerprint density at radius 1 is 1.10 bits per heavy atom. The number of pyridine rings is 1. The highest BCUT2D eigenvalue weighted by Crippen LogP contribution is 2.35. The number of nitrogen functional groups attached to an aromatic ring is 1. The second-order valence-corrected chi connectivity index (χ2v) is 5.55. The van der Waals surface area contributed by atoms with Gasteiger partial charge in [-0.3, -0.25) is 4.98 Å². The number of ether oxygens (including phenoxy) is 1. The zero-order valence-electron chi connectivity index (χ0n) is 10.3. The van der Waals surface area contributed by atoms with Crippen molar-refractivity contribution in [1.29, 1.82) is 0 Å². The number of hydrogen-bond acceptors (Lipinski definition) is 3. The molecule has 0 spiro atoms. The van der Waals surface area contributed by atoms with Crippen LogP contribution in [-0.4, -0.2) is 4.98 Å². The lowest BCUT2D eigenvalue weighted by molar-refractivity contribution is 0.488. The second-order valence-electron chi connectivity index (χ2n) is 4.23. The number of hydrogen-bond donors (Lipinski definition) is 1. The van der Waals surface area contributed by atoms with Gasteiger partial charge in [-0.1, -0.05) is 33.6 Å². The average Bonchev–Trinajstić information content (AvgIpc) is 2.43.